The summed E-state index contributed by atoms with van der Waals surface area (Å²) in [7, 11) is 1.32. The average Bonchev–Trinajstić information content (AvgIpc) is 3.14. The van der Waals surface area contributed by atoms with Crippen LogP contribution in [0.5, 0.6) is 0 Å². The van der Waals surface area contributed by atoms with Crippen molar-refractivity contribution in [1.29, 1.82) is 0 Å². The van der Waals surface area contributed by atoms with Gasteiger partial charge in [-0.25, -0.2) is 4.79 Å². The highest BCUT2D eigenvalue weighted by atomic mass is 16.5. The molecule has 1 amide bonds. The molecular formula is C20H27NO5. The quantitative estimate of drug-likeness (QED) is 0.720. The normalized spacial score (nSPS) is 16.5. The minimum absolute atomic E-state index is 0.177. The molecule has 0 bridgehead atoms. The summed E-state index contributed by atoms with van der Waals surface area (Å²) in [4.78, 5) is 36.5. The summed E-state index contributed by atoms with van der Waals surface area (Å²) >= 11 is 0. The van der Waals surface area contributed by atoms with Crippen LogP contribution in [0.3, 0.4) is 0 Å². The van der Waals surface area contributed by atoms with Gasteiger partial charge in [0.05, 0.1) is 7.11 Å². The van der Waals surface area contributed by atoms with Gasteiger partial charge in [0.25, 0.3) is 0 Å². The highest BCUT2D eigenvalue weighted by Crippen LogP contribution is 2.31. The lowest BCUT2D eigenvalue weighted by Crippen LogP contribution is -2.54. The maximum Gasteiger partial charge on any atom is 0.332 e. The highest BCUT2D eigenvalue weighted by molar-refractivity contribution is 5.89. The smallest absolute Gasteiger partial charge is 0.332 e. The number of esters is 2. The number of hydrogen-bond acceptors (Lipinski definition) is 5. The Morgan fingerprint density at radius 3 is 2.42 bits per heavy atom. The number of amides is 1. The zero-order valence-corrected chi connectivity index (χ0v) is 15.5. The van der Waals surface area contributed by atoms with Gasteiger partial charge in [-0.2, -0.15) is 0 Å². The molecule has 1 fully saturated rings. The van der Waals surface area contributed by atoms with E-state index in [-0.39, 0.29) is 36.8 Å². The number of nitrogens with one attached hydrogen (secondary N) is 1. The number of carbonyl (C=O) groups is 3. The molecule has 1 atom stereocenters. The van der Waals surface area contributed by atoms with Crippen LogP contribution < -0.4 is 5.32 Å². The molecule has 1 unspecified atom stereocenters. The molecule has 0 radical (unpaired) electrons. The predicted octanol–water partition coefficient (Wildman–Crippen LogP) is 2.75. The van der Waals surface area contributed by atoms with Crippen molar-refractivity contribution in [2.45, 2.75) is 57.6 Å². The summed E-state index contributed by atoms with van der Waals surface area (Å²) in [5, 5.41) is 2.90. The number of benzene rings is 1. The highest BCUT2D eigenvalue weighted by Gasteiger charge is 2.44. The SMILES string of the molecule is COC(=O)CCC(C)C(=O)NC1(C(=O)OCc2ccccc2)CCCC1. The van der Waals surface area contributed by atoms with Crippen LogP contribution in [0.25, 0.3) is 0 Å². The van der Waals surface area contributed by atoms with Gasteiger partial charge in [0.1, 0.15) is 12.1 Å². The molecule has 1 aliphatic carbocycles. The van der Waals surface area contributed by atoms with E-state index < -0.39 is 5.54 Å². The van der Waals surface area contributed by atoms with E-state index in [1.807, 2.05) is 30.3 Å². The summed E-state index contributed by atoms with van der Waals surface area (Å²) in [6.07, 6.45) is 3.46. The van der Waals surface area contributed by atoms with Crippen molar-refractivity contribution in [3.05, 3.63) is 35.9 Å². The second kappa shape index (κ2) is 9.36. The van der Waals surface area contributed by atoms with Gasteiger partial charge in [-0.05, 0) is 24.8 Å². The third kappa shape index (κ3) is 5.31. The summed E-state index contributed by atoms with van der Waals surface area (Å²) in [5.41, 5.74) is -0.0439. The van der Waals surface area contributed by atoms with Crippen LogP contribution in [0.2, 0.25) is 0 Å². The number of rotatable bonds is 8. The van der Waals surface area contributed by atoms with Crippen LogP contribution in [0.1, 0.15) is 51.0 Å². The van der Waals surface area contributed by atoms with E-state index >= 15 is 0 Å². The van der Waals surface area contributed by atoms with Crippen molar-refractivity contribution in [2.24, 2.45) is 5.92 Å². The molecule has 6 nitrogen and oxygen atoms in total. The maximum absolute atomic E-state index is 12.7. The maximum atomic E-state index is 12.7. The van der Waals surface area contributed by atoms with E-state index in [4.69, 9.17) is 4.74 Å². The van der Waals surface area contributed by atoms with E-state index in [2.05, 4.69) is 10.1 Å². The van der Waals surface area contributed by atoms with Crippen molar-refractivity contribution in [2.75, 3.05) is 7.11 Å². The Labute approximate surface area is 154 Å². The molecule has 1 aromatic rings. The van der Waals surface area contributed by atoms with E-state index in [1.54, 1.807) is 6.92 Å². The van der Waals surface area contributed by atoms with E-state index in [0.29, 0.717) is 19.3 Å². The summed E-state index contributed by atoms with van der Waals surface area (Å²) in [5.74, 6) is -1.34. The van der Waals surface area contributed by atoms with E-state index in [0.717, 1.165) is 18.4 Å². The molecule has 1 aromatic carbocycles. The molecule has 0 saturated heterocycles. The Hall–Kier alpha value is -2.37. The Balaban J connectivity index is 1.94. The molecule has 2 rings (SSSR count). The van der Waals surface area contributed by atoms with Crippen molar-refractivity contribution >= 4 is 17.8 Å². The van der Waals surface area contributed by atoms with Crippen molar-refractivity contribution in [3.8, 4) is 0 Å². The van der Waals surface area contributed by atoms with Crippen LogP contribution >= 0.6 is 0 Å². The molecule has 0 spiro atoms. The Kier molecular flexibility index (Phi) is 7.18. The van der Waals surface area contributed by atoms with Crippen LogP contribution in [0.4, 0.5) is 0 Å². The van der Waals surface area contributed by atoms with Crippen LogP contribution in [-0.4, -0.2) is 30.5 Å². The largest absolute Gasteiger partial charge is 0.469 e. The Morgan fingerprint density at radius 2 is 1.81 bits per heavy atom. The molecule has 26 heavy (non-hydrogen) atoms. The van der Waals surface area contributed by atoms with Crippen LogP contribution in [0.15, 0.2) is 30.3 Å². The molecule has 0 heterocycles. The van der Waals surface area contributed by atoms with Gasteiger partial charge in [0.2, 0.25) is 5.91 Å². The minimum atomic E-state index is -0.953. The van der Waals surface area contributed by atoms with Crippen molar-refractivity contribution in [1.82, 2.24) is 5.32 Å². The zero-order valence-electron chi connectivity index (χ0n) is 15.5. The second-order valence-electron chi connectivity index (χ2n) is 6.86. The first-order valence-electron chi connectivity index (χ1n) is 9.07. The fourth-order valence-corrected chi connectivity index (χ4v) is 3.15. The van der Waals surface area contributed by atoms with Gasteiger partial charge < -0.3 is 14.8 Å². The standard InChI is InChI=1S/C20H27NO5/c1-15(10-11-17(22)25-2)18(23)21-20(12-6-7-13-20)19(24)26-14-16-8-4-3-5-9-16/h3-5,8-9,15H,6-7,10-14H2,1-2H3,(H,21,23). The monoisotopic (exact) mass is 361 g/mol. The molecule has 1 N–H and O–H groups in total. The summed E-state index contributed by atoms with van der Waals surface area (Å²) < 4.78 is 10.1. The van der Waals surface area contributed by atoms with E-state index in [1.165, 1.54) is 7.11 Å². The second-order valence-corrected chi connectivity index (χ2v) is 6.86. The molecule has 1 aliphatic rings. The predicted molar refractivity (Wildman–Crippen MR) is 96.0 cm³/mol. The zero-order chi connectivity index (χ0) is 19.0. The van der Waals surface area contributed by atoms with Crippen LogP contribution in [0, 0.1) is 5.92 Å². The first kappa shape index (κ1) is 19.9. The third-order valence-electron chi connectivity index (χ3n) is 4.88. The van der Waals surface area contributed by atoms with Crippen molar-refractivity contribution in [3.63, 3.8) is 0 Å². The van der Waals surface area contributed by atoms with Crippen LogP contribution in [-0.2, 0) is 30.5 Å². The first-order valence-corrected chi connectivity index (χ1v) is 9.07. The molecular weight excluding hydrogens is 334 g/mol. The lowest BCUT2D eigenvalue weighted by Gasteiger charge is -2.29. The fraction of sp³-hybridized carbons (Fsp3) is 0.550. The van der Waals surface area contributed by atoms with E-state index in [9.17, 15) is 14.4 Å². The number of carbonyl (C=O) groups excluding carboxylic acids is 3. The average molecular weight is 361 g/mol. The molecule has 0 aromatic heterocycles. The third-order valence-corrected chi connectivity index (χ3v) is 4.88. The Morgan fingerprint density at radius 1 is 1.15 bits per heavy atom. The molecule has 142 valence electrons. The van der Waals surface area contributed by atoms with Gasteiger partial charge in [0, 0.05) is 12.3 Å². The molecule has 0 aliphatic heterocycles. The topological polar surface area (TPSA) is 81.7 Å². The number of ether oxygens (including phenoxy) is 2. The Bertz CT molecular complexity index is 622. The first-order chi connectivity index (χ1) is 12.5. The summed E-state index contributed by atoms with van der Waals surface area (Å²) in [6, 6.07) is 9.46. The fourth-order valence-electron chi connectivity index (χ4n) is 3.15. The lowest BCUT2D eigenvalue weighted by atomic mass is 9.95. The lowest BCUT2D eigenvalue weighted by molar-refractivity contribution is -0.155. The number of hydrogen-bond donors (Lipinski definition) is 1. The minimum Gasteiger partial charge on any atom is -0.469 e. The van der Waals surface area contributed by atoms with Gasteiger partial charge in [-0.1, -0.05) is 50.1 Å². The van der Waals surface area contributed by atoms with Crippen molar-refractivity contribution < 1.29 is 23.9 Å². The molecule has 6 heteroatoms. The molecule has 1 saturated carbocycles. The number of methoxy groups -OCH3 is 1. The van der Waals surface area contributed by atoms with Gasteiger partial charge in [-0.3, -0.25) is 9.59 Å². The van der Waals surface area contributed by atoms with Gasteiger partial charge in [-0.15, -0.1) is 0 Å². The van der Waals surface area contributed by atoms with Gasteiger partial charge >= 0.3 is 11.9 Å². The van der Waals surface area contributed by atoms with Gasteiger partial charge in [0.15, 0.2) is 0 Å². The summed E-state index contributed by atoms with van der Waals surface area (Å²) in [6.45, 7) is 1.94.